The number of hydrogen-bond acceptors (Lipinski definition) is 8. The van der Waals surface area contributed by atoms with Crippen LogP contribution in [0, 0.1) is 0 Å². The lowest BCUT2D eigenvalue weighted by molar-refractivity contribution is -0.118. The van der Waals surface area contributed by atoms with E-state index in [1.165, 1.54) is 30.2 Å². The van der Waals surface area contributed by atoms with E-state index in [2.05, 4.69) is 10.2 Å². The molecular formula is C19H23N3O4S2. The van der Waals surface area contributed by atoms with Crippen molar-refractivity contribution in [2.45, 2.75) is 48.7 Å². The fourth-order valence-electron chi connectivity index (χ4n) is 2.74. The van der Waals surface area contributed by atoms with Gasteiger partial charge in [0.15, 0.2) is 10.1 Å². The van der Waals surface area contributed by atoms with Gasteiger partial charge in [0.05, 0.1) is 25.0 Å². The summed E-state index contributed by atoms with van der Waals surface area (Å²) < 4.78 is 11.2. The van der Waals surface area contributed by atoms with Gasteiger partial charge in [-0.1, -0.05) is 30.0 Å². The molecule has 1 saturated carbocycles. The van der Waals surface area contributed by atoms with Crippen LogP contribution in [-0.4, -0.2) is 47.4 Å². The van der Waals surface area contributed by atoms with Crippen molar-refractivity contribution in [2.75, 3.05) is 19.1 Å². The Kier molecular flexibility index (Phi) is 6.56. The lowest BCUT2D eigenvalue weighted by Gasteiger charge is -2.17. The van der Waals surface area contributed by atoms with Crippen molar-refractivity contribution in [1.29, 1.82) is 0 Å². The summed E-state index contributed by atoms with van der Waals surface area (Å²) in [6, 6.07) is 5.37. The van der Waals surface area contributed by atoms with Gasteiger partial charge in [0.1, 0.15) is 11.5 Å². The van der Waals surface area contributed by atoms with Crippen LogP contribution >= 0.6 is 23.1 Å². The third-order valence-corrected chi connectivity index (χ3v) is 6.51. The van der Waals surface area contributed by atoms with Crippen LogP contribution in [-0.2, 0) is 4.79 Å². The summed E-state index contributed by atoms with van der Waals surface area (Å²) in [5.41, 5.74) is 0.494. The molecular weight excluding hydrogens is 398 g/mol. The van der Waals surface area contributed by atoms with Gasteiger partial charge < -0.3 is 9.47 Å². The molecule has 9 heteroatoms. The number of ketones is 1. The Balaban J connectivity index is 1.73. The summed E-state index contributed by atoms with van der Waals surface area (Å²) in [6.07, 6.45) is 2.44. The van der Waals surface area contributed by atoms with E-state index in [1.807, 2.05) is 13.8 Å². The Bertz CT molecular complexity index is 867. The number of thioether (sulfide) groups is 1. The zero-order valence-corrected chi connectivity index (χ0v) is 17.9. The minimum absolute atomic E-state index is 0.0577. The molecule has 2 aromatic rings. The van der Waals surface area contributed by atoms with Crippen molar-refractivity contribution in [3.8, 4) is 11.5 Å². The van der Waals surface area contributed by atoms with Crippen LogP contribution in [0.2, 0.25) is 0 Å². The second-order valence-electron chi connectivity index (χ2n) is 6.39. The van der Waals surface area contributed by atoms with Crippen molar-refractivity contribution >= 4 is 39.9 Å². The van der Waals surface area contributed by atoms with Crippen molar-refractivity contribution in [2.24, 2.45) is 0 Å². The number of carbonyl (C=O) groups excluding carboxylic acids is 2. The molecule has 1 atom stereocenters. The number of rotatable bonds is 9. The summed E-state index contributed by atoms with van der Waals surface area (Å²) in [7, 11) is 3.09. The van der Waals surface area contributed by atoms with Crippen LogP contribution in [0.5, 0.6) is 11.5 Å². The predicted molar refractivity (Wildman–Crippen MR) is 110 cm³/mol. The van der Waals surface area contributed by atoms with Crippen molar-refractivity contribution in [1.82, 2.24) is 10.2 Å². The van der Waals surface area contributed by atoms with E-state index >= 15 is 0 Å². The maximum Gasteiger partial charge on any atom is 0.228 e. The number of carbonyl (C=O) groups is 2. The fourth-order valence-corrected chi connectivity index (χ4v) is 4.89. The van der Waals surface area contributed by atoms with E-state index < -0.39 is 0 Å². The predicted octanol–water partition coefficient (Wildman–Crippen LogP) is 3.82. The van der Waals surface area contributed by atoms with Crippen LogP contribution in [0.15, 0.2) is 22.5 Å². The van der Waals surface area contributed by atoms with Gasteiger partial charge in [0, 0.05) is 18.5 Å². The summed E-state index contributed by atoms with van der Waals surface area (Å²) in [6.45, 7) is 3.67. The highest BCUT2D eigenvalue weighted by Crippen LogP contribution is 2.38. The molecule has 0 saturated heterocycles. The van der Waals surface area contributed by atoms with E-state index in [-0.39, 0.29) is 23.0 Å². The molecule has 1 aromatic carbocycles. The van der Waals surface area contributed by atoms with Gasteiger partial charge in [-0.3, -0.25) is 14.5 Å². The summed E-state index contributed by atoms with van der Waals surface area (Å²) in [5, 5.41) is 8.61. The molecule has 0 aliphatic heterocycles. The molecule has 1 aliphatic rings. The normalized spacial score (nSPS) is 14.4. The lowest BCUT2D eigenvalue weighted by atomic mass is 10.1. The van der Waals surface area contributed by atoms with Gasteiger partial charge in [-0.05, 0) is 31.9 Å². The second kappa shape index (κ2) is 8.91. The number of hydrogen-bond donors (Lipinski definition) is 0. The zero-order valence-electron chi connectivity index (χ0n) is 16.3. The first-order chi connectivity index (χ1) is 13.5. The first-order valence-corrected chi connectivity index (χ1v) is 10.8. The number of aromatic nitrogens is 2. The highest BCUT2D eigenvalue weighted by atomic mass is 32.2. The molecule has 1 fully saturated rings. The Morgan fingerprint density at radius 1 is 1.29 bits per heavy atom. The molecule has 1 heterocycles. The third kappa shape index (κ3) is 4.47. The van der Waals surface area contributed by atoms with E-state index in [0.717, 1.165) is 12.8 Å². The molecule has 0 bridgehead atoms. The van der Waals surface area contributed by atoms with Crippen molar-refractivity contribution in [3.05, 3.63) is 23.8 Å². The number of ether oxygens (including phenoxy) is 2. The minimum atomic E-state index is -0.376. The number of amides is 1. The standard InChI is InChI=1S/C19H23N3O4S2/c1-5-16(23)22(12-6-7-12)18-20-21-19(28-18)27-11(2)17(24)14-9-8-13(25-3)10-15(14)26-4/h8-12H,5-7H2,1-4H3. The van der Waals surface area contributed by atoms with Gasteiger partial charge in [-0.25, -0.2) is 0 Å². The second-order valence-corrected chi connectivity index (χ2v) is 8.93. The first-order valence-electron chi connectivity index (χ1n) is 9.06. The monoisotopic (exact) mass is 421 g/mol. The topological polar surface area (TPSA) is 81.6 Å². The Morgan fingerprint density at radius 2 is 2.04 bits per heavy atom. The maximum atomic E-state index is 12.9. The number of nitrogens with zero attached hydrogens (tertiary/aromatic N) is 3. The largest absolute Gasteiger partial charge is 0.497 e. The highest BCUT2D eigenvalue weighted by Gasteiger charge is 2.35. The molecule has 3 rings (SSSR count). The molecule has 150 valence electrons. The molecule has 1 amide bonds. The summed E-state index contributed by atoms with van der Waals surface area (Å²) in [5.74, 6) is 1.10. The van der Waals surface area contributed by atoms with Gasteiger partial charge in [0.2, 0.25) is 11.0 Å². The van der Waals surface area contributed by atoms with Crippen LogP contribution in [0.3, 0.4) is 0 Å². The first kappa shape index (κ1) is 20.6. The van der Waals surface area contributed by atoms with Crippen molar-refractivity contribution in [3.63, 3.8) is 0 Å². The number of benzene rings is 1. The molecule has 0 spiro atoms. The summed E-state index contributed by atoms with van der Waals surface area (Å²) in [4.78, 5) is 26.9. The van der Waals surface area contributed by atoms with Crippen molar-refractivity contribution < 1.29 is 19.1 Å². The number of Topliss-reactive ketones (excluding diaryl/α,β-unsaturated/α-hetero) is 1. The average molecular weight is 422 g/mol. The maximum absolute atomic E-state index is 12.9. The highest BCUT2D eigenvalue weighted by molar-refractivity contribution is 8.02. The van der Waals surface area contributed by atoms with E-state index in [4.69, 9.17) is 9.47 Å². The van der Waals surface area contributed by atoms with Crippen LogP contribution in [0.4, 0.5) is 5.13 Å². The zero-order chi connectivity index (χ0) is 20.3. The Hall–Kier alpha value is -2.13. The van der Waals surface area contributed by atoms with Crippen LogP contribution < -0.4 is 14.4 Å². The van der Waals surface area contributed by atoms with E-state index in [9.17, 15) is 9.59 Å². The molecule has 0 N–H and O–H groups in total. The quantitative estimate of drug-likeness (QED) is 0.346. The molecule has 1 aliphatic carbocycles. The van der Waals surface area contributed by atoms with Crippen LogP contribution in [0.1, 0.15) is 43.5 Å². The van der Waals surface area contributed by atoms with Crippen LogP contribution in [0.25, 0.3) is 0 Å². The third-order valence-electron chi connectivity index (χ3n) is 4.41. The number of methoxy groups -OCH3 is 2. The molecule has 1 aromatic heterocycles. The molecule has 1 unspecified atom stereocenters. The minimum Gasteiger partial charge on any atom is -0.497 e. The summed E-state index contributed by atoms with van der Waals surface area (Å²) >= 11 is 2.69. The van der Waals surface area contributed by atoms with E-state index in [0.29, 0.717) is 33.0 Å². The van der Waals surface area contributed by atoms with Gasteiger partial charge in [-0.2, -0.15) is 0 Å². The molecule has 7 nitrogen and oxygen atoms in total. The van der Waals surface area contributed by atoms with E-state index in [1.54, 1.807) is 30.2 Å². The lowest BCUT2D eigenvalue weighted by Crippen LogP contribution is -2.32. The van der Waals surface area contributed by atoms with Gasteiger partial charge >= 0.3 is 0 Å². The SMILES string of the molecule is CCC(=O)N(c1nnc(SC(C)C(=O)c2ccc(OC)cc2OC)s1)C1CC1. The smallest absolute Gasteiger partial charge is 0.228 e. The fraction of sp³-hybridized carbons (Fsp3) is 0.474. The number of anilines is 1. The Morgan fingerprint density at radius 3 is 2.64 bits per heavy atom. The molecule has 0 radical (unpaired) electrons. The molecule has 28 heavy (non-hydrogen) atoms. The van der Waals surface area contributed by atoms with Gasteiger partial charge in [0.25, 0.3) is 0 Å². The Labute approximate surface area is 172 Å². The average Bonchev–Trinajstić information content (AvgIpc) is 3.45. The van der Waals surface area contributed by atoms with Gasteiger partial charge in [-0.15, -0.1) is 10.2 Å².